The molecule has 3 aromatic rings. The lowest BCUT2D eigenvalue weighted by atomic mass is 10.2. The summed E-state index contributed by atoms with van der Waals surface area (Å²) in [5.74, 6) is 0.754. The minimum atomic E-state index is 0.690. The third-order valence-electron chi connectivity index (χ3n) is 3.23. The highest BCUT2D eigenvalue weighted by Gasteiger charge is 2.09. The molecule has 1 N–H and O–H groups in total. The average Bonchev–Trinajstić information content (AvgIpc) is 2.84. The Morgan fingerprint density at radius 2 is 1.81 bits per heavy atom. The molecule has 0 atom stereocenters. The average molecular weight is 298 g/mol. The van der Waals surface area contributed by atoms with Crippen molar-refractivity contribution in [2.24, 2.45) is 0 Å². The monoisotopic (exact) mass is 297 g/mol. The van der Waals surface area contributed by atoms with Gasteiger partial charge in [-0.15, -0.1) is 0 Å². The first-order valence-corrected chi connectivity index (χ1v) is 7.16. The molecule has 3 nitrogen and oxygen atoms in total. The molecule has 4 heteroatoms. The summed E-state index contributed by atoms with van der Waals surface area (Å²) >= 11 is 6.29. The SMILES string of the molecule is Cc1ccc(Nc2nc(C)cn2-c2ccccc2)c(Cl)c1. The van der Waals surface area contributed by atoms with Crippen molar-refractivity contribution in [1.29, 1.82) is 0 Å². The molecule has 106 valence electrons. The Labute approximate surface area is 129 Å². The molecule has 0 spiro atoms. The first-order chi connectivity index (χ1) is 10.1. The molecule has 2 aromatic carbocycles. The third-order valence-corrected chi connectivity index (χ3v) is 3.54. The highest BCUT2D eigenvalue weighted by atomic mass is 35.5. The number of rotatable bonds is 3. The summed E-state index contributed by atoms with van der Waals surface area (Å²) < 4.78 is 2.02. The minimum Gasteiger partial charge on any atom is -0.324 e. The third kappa shape index (κ3) is 2.93. The van der Waals surface area contributed by atoms with Crippen LogP contribution in [0, 0.1) is 13.8 Å². The van der Waals surface area contributed by atoms with Gasteiger partial charge in [0.25, 0.3) is 0 Å². The summed E-state index contributed by atoms with van der Waals surface area (Å²) in [5, 5.41) is 4.00. The lowest BCUT2D eigenvalue weighted by Crippen LogP contribution is -2.01. The van der Waals surface area contributed by atoms with E-state index < -0.39 is 0 Å². The second-order valence-electron chi connectivity index (χ2n) is 5.02. The Balaban J connectivity index is 2.00. The number of imidazole rings is 1. The number of hydrogen-bond acceptors (Lipinski definition) is 2. The molecular formula is C17H16ClN3. The van der Waals surface area contributed by atoms with E-state index in [1.54, 1.807) is 0 Å². The van der Waals surface area contributed by atoms with Crippen molar-refractivity contribution in [3.05, 3.63) is 71.0 Å². The highest BCUT2D eigenvalue weighted by Crippen LogP contribution is 2.27. The molecule has 0 bridgehead atoms. The zero-order valence-electron chi connectivity index (χ0n) is 12.0. The fraction of sp³-hybridized carbons (Fsp3) is 0.118. The summed E-state index contributed by atoms with van der Waals surface area (Å²) in [6.07, 6.45) is 2.00. The second-order valence-corrected chi connectivity index (χ2v) is 5.43. The van der Waals surface area contributed by atoms with Crippen molar-refractivity contribution in [3.63, 3.8) is 0 Å². The number of nitrogens with one attached hydrogen (secondary N) is 1. The van der Waals surface area contributed by atoms with Gasteiger partial charge >= 0.3 is 0 Å². The summed E-state index contributed by atoms with van der Waals surface area (Å²) in [4.78, 5) is 4.54. The molecule has 0 aliphatic rings. The van der Waals surface area contributed by atoms with E-state index in [0.29, 0.717) is 5.02 Å². The van der Waals surface area contributed by atoms with Gasteiger partial charge in [0.15, 0.2) is 0 Å². The van der Waals surface area contributed by atoms with Crippen molar-refractivity contribution >= 4 is 23.2 Å². The second kappa shape index (κ2) is 5.62. The van der Waals surface area contributed by atoms with Crippen LogP contribution in [-0.4, -0.2) is 9.55 Å². The largest absolute Gasteiger partial charge is 0.324 e. The summed E-state index contributed by atoms with van der Waals surface area (Å²) in [5.41, 5.74) is 3.99. The first-order valence-electron chi connectivity index (χ1n) is 6.78. The van der Waals surface area contributed by atoms with E-state index in [2.05, 4.69) is 10.3 Å². The quantitative estimate of drug-likeness (QED) is 0.746. The summed E-state index contributed by atoms with van der Waals surface area (Å²) in [6, 6.07) is 16.0. The van der Waals surface area contributed by atoms with Crippen molar-refractivity contribution in [2.75, 3.05) is 5.32 Å². The number of anilines is 2. The molecule has 0 fully saturated rings. The van der Waals surface area contributed by atoms with Gasteiger partial charge < -0.3 is 5.32 Å². The molecule has 0 aliphatic heterocycles. The van der Waals surface area contributed by atoms with Crippen LogP contribution in [0.2, 0.25) is 5.02 Å². The van der Waals surface area contributed by atoms with E-state index in [9.17, 15) is 0 Å². The Morgan fingerprint density at radius 3 is 2.52 bits per heavy atom. The number of aromatic nitrogens is 2. The maximum Gasteiger partial charge on any atom is 0.212 e. The van der Waals surface area contributed by atoms with Crippen LogP contribution in [0.4, 0.5) is 11.6 Å². The zero-order valence-corrected chi connectivity index (χ0v) is 12.7. The molecular weight excluding hydrogens is 282 g/mol. The Hall–Kier alpha value is -2.26. The highest BCUT2D eigenvalue weighted by molar-refractivity contribution is 6.33. The molecule has 1 aromatic heterocycles. The Morgan fingerprint density at radius 1 is 1.05 bits per heavy atom. The van der Waals surface area contributed by atoms with Gasteiger partial charge in [-0.05, 0) is 43.7 Å². The maximum absolute atomic E-state index is 6.29. The van der Waals surface area contributed by atoms with Crippen molar-refractivity contribution in [1.82, 2.24) is 9.55 Å². The fourth-order valence-corrected chi connectivity index (χ4v) is 2.50. The van der Waals surface area contributed by atoms with E-state index in [4.69, 9.17) is 11.6 Å². The van der Waals surface area contributed by atoms with Crippen LogP contribution in [0.1, 0.15) is 11.3 Å². The van der Waals surface area contributed by atoms with Crippen LogP contribution in [0.3, 0.4) is 0 Å². The van der Waals surface area contributed by atoms with Crippen LogP contribution in [0.5, 0.6) is 0 Å². The standard InChI is InChI=1S/C17H16ClN3/c1-12-8-9-16(15(18)10-12)20-17-19-13(2)11-21(17)14-6-4-3-5-7-14/h3-11H,1-2H3,(H,19,20). The van der Waals surface area contributed by atoms with Gasteiger partial charge in [0.1, 0.15) is 0 Å². The van der Waals surface area contributed by atoms with E-state index in [0.717, 1.165) is 28.6 Å². The van der Waals surface area contributed by atoms with Crippen molar-refractivity contribution in [3.8, 4) is 5.69 Å². The summed E-state index contributed by atoms with van der Waals surface area (Å²) in [7, 11) is 0. The Bertz CT molecular complexity index is 763. The topological polar surface area (TPSA) is 29.9 Å². The van der Waals surface area contributed by atoms with Gasteiger partial charge in [0.05, 0.1) is 16.4 Å². The first kappa shape index (κ1) is 13.7. The molecule has 0 radical (unpaired) electrons. The molecule has 0 unspecified atom stereocenters. The van der Waals surface area contributed by atoms with E-state index in [1.807, 2.05) is 73.1 Å². The van der Waals surface area contributed by atoms with Crippen LogP contribution in [0.15, 0.2) is 54.7 Å². The number of nitrogens with zero attached hydrogens (tertiary/aromatic N) is 2. The molecule has 0 saturated heterocycles. The van der Waals surface area contributed by atoms with Crippen LogP contribution in [-0.2, 0) is 0 Å². The normalized spacial score (nSPS) is 10.6. The van der Waals surface area contributed by atoms with Gasteiger partial charge in [-0.1, -0.05) is 35.9 Å². The predicted molar refractivity (Wildman–Crippen MR) is 87.8 cm³/mol. The van der Waals surface area contributed by atoms with Crippen molar-refractivity contribution < 1.29 is 0 Å². The maximum atomic E-state index is 6.29. The van der Waals surface area contributed by atoms with Gasteiger partial charge in [0.2, 0.25) is 5.95 Å². The van der Waals surface area contributed by atoms with Gasteiger partial charge in [0, 0.05) is 11.9 Å². The smallest absolute Gasteiger partial charge is 0.212 e. The van der Waals surface area contributed by atoms with E-state index in [-0.39, 0.29) is 0 Å². The molecule has 0 aliphatic carbocycles. The van der Waals surface area contributed by atoms with Crippen LogP contribution in [0.25, 0.3) is 5.69 Å². The molecule has 21 heavy (non-hydrogen) atoms. The molecule has 0 amide bonds. The van der Waals surface area contributed by atoms with E-state index >= 15 is 0 Å². The predicted octanol–water partition coefficient (Wildman–Crippen LogP) is 4.89. The number of para-hydroxylation sites is 1. The Kier molecular flexibility index (Phi) is 3.67. The number of benzene rings is 2. The molecule has 1 heterocycles. The van der Waals surface area contributed by atoms with Crippen molar-refractivity contribution in [2.45, 2.75) is 13.8 Å². The van der Waals surface area contributed by atoms with Gasteiger partial charge in [-0.25, -0.2) is 4.98 Å². The lowest BCUT2D eigenvalue weighted by molar-refractivity contribution is 1.06. The lowest BCUT2D eigenvalue weighted by Gasteiger charge is -2.11. The zero-order chi connectivity index (χ0) is 14.8. The van der Waals surface area contributed by atoms with Gasteiger partial charge in [-0.3, -0.25) is 4.57 Å². The van der Waals surface area contributed by atoms with Crippen LogP contribution >= 0.6 is 11.6 Å². The van der Waals surface area contributed by atoms with Crippen LogP contribution < -0.4 is 5.32 Å². The number of halogens is 1. The summed E-state index contributed by atoms with van der Waals surface area (Å²) in [6.45, 7) is 3.99. The minimum absolute atomic E-state index is 0.690. The fourth-order valence-electron chi connectivity index (χ4n) is 2.21. The number of aryl methyl sites for hydroxylation is 2. The number of hydrogen-bond donors (Lipinski definition) is 1. The van der Waals surface area contributed by atoms with Gasteiger partial charge in [-0.2, -0.15) is 0 Å². The molecule has 3 rings (SSSR count). The molecule has 0 saturated carbocycles. The van der Waals surface area contributed by atoms with E-state index in [1.165, 1.54) is 0 Å².